The molecule has 0 spiro atoms. The summed E-state index contributed by atoms with van der Waals surface area (Å²) in [5.41, 5.74) is 0. The Morgan fingerprint density at radius 2 is 2.36 bits per heavy atom. The zero-order valence-corrected chi connectivity index (χ0v) is 9.29. The first-order chi connectivity index (χ1) is 6.69. The van der Waals surface area contributed by atoms with Gasteiger partial charge in [-0.25, -0.2) is 4.79 Å². The van der Waals surface area contributed by atoms with Gasteiger partial charge in [-0.2, -0.15) is 0 Å². The Morgan fingerprint density at radius 1 is 1.64 bits per heavy atom. The largest absolute Gasteiger partial charge is 0.433 e. The average molecular weight is 222 g/mol. The predicted molar refractivity (Wildman–Crippen MR) is 53.4 cm³/mol. The molecule has 0 N–H and O–H groups in total. The van der Waals surface area contributed by atoms with Crippen molar-refractivity contribution in [1.29, 1.82) is 0 Å². The highest BCUT2D eigenvalue weighted by Crippen LogP contribution is 2.19. The molecular formula is C9H16ClNO3. The van der Waals surface area contributed by atoms with E-state index in [1.807, 2.05) is 0 Å². The van der Waals surface area contributed by atoms with Gasteiger partial charge >= 0.3 is 6.09 Å². The van der Waals surface area contributed by atoms with Crippen LogP contribution in [0, 0.1) is 5.92 Å². The van der Waals surface area contributed by atoms with E-state index in [0.29, 0.717) is 19.0 Å². The zero-order valence-electron chi connectivity index (χ0n) is 8.53. The molecule has 5 heteroatoms. The van der Waals surface area contributed by atoms with Gasteiger partial charge in [-0.3, -0.25) is 0 Å². The van der Waals surface area contributed by atoms with Gasteiger partial charge in [0.1, 0.15) is 0 Å². The minimum Gasteiger partial charge on any atom is -0.433 e. The number of amides is 1. The number of likely N-dealkylation sites (tertiary alicyclic amines) is 1. The van der Waals surface area contributed by atoms with Crippen molar-refractivity contribution in [2.75, 3.05) is 26.3 Å². The van der Waals surface area contributed by atoms with Crippen LogP contribution in [0.15, 0.2) is 0 Å². The van der Waals surface area contributed by atoms with Crippen LogP contribution in [0.25, 0.3) is 0 Å². The summed E-state index contributed by atoms with van der Waals surface area (Å²) >= 11 is 5.31. The van der Waals surface area contributed by atoms with Gasteiger partial charge in [0.15, 0.2) is 6.07 Å². The maximum Gasteiger partial charge on any atom is 0.410 e. The Morgan fingerprint density at radius 3 is 2.86 bits per heavy atom. The van der Waals surface area contributed by atoms with E-state index in [1.54, 1.807) is 12.0 Å². The molecule has 0 aromatic carbocycles. The second-order valence-corrected chi connectivity index (χ2v) is 3.72. The van der Waals surface area contributed by atoms with Gasteiger partial charge < -0.3 is 14.4 Å². The van der Waals surface area contributed by atoms with Gasteiger partial charge in [0.2, 0.25) is 0 Å². The van der Waals surface area contributed by atoms with Crippen molar-refractivity contribution < 1.29 is 14.3 Å². The maximum absolute atomic E-state index is 11.3. The monoisotopic (exact) mass is 221 g/mol. The molecule has 1 fully saturated rings. The highest BCUT2D eigenvalue weighted by molar-refractivity contribution is 6.17. The molecule has 4 nitrogen and oxygen atoms in total. The van der Waals surface area contributed by atoms with Crippen molar-refractivity contribution in [1.82, 2.24) is 4.90 Å². The second-order valence-electron chi connectivity index (χ2n) is 3.51. The molecule has 1 amide bonds. The van der Waals surface area contributed by atoms with Crippen LogP contribution in [0.2, 0.25) is 0 Å². The van der Waals surface area contributed by atoms with E-state index in [4.69, 9.17) is 21.1 Å². The lowest BCUT2D eigenvalue weighted by Crippen LogP contribution is -2.45. The third-order valence-corrected chi connectivity index (χ3v) is 2.67. The average Bonchev–Trinajstić information content (AvgIpc) is 2.18. The van der Waals surface area contributed by atoms with Crippen LogP contribution in [0.3, 0.4) is 0 Å². The highest BCUT2D eigenvalue weighted by Gasteiger charge is 2.29. The molecule has 2 unspecified atom stereocenters. The topological polar surface area (TPSA) is 38.8 Å². The fraction of sp³-hybridized carbons (Fsp3) is 0.889. The quantitative estimate of drug-likeness (QED) is 0.666. The molecule has 82 valence electrons. The van der Waals surface area contributed by atoms with Crippen LogP contribution in [0.4, 0.5) is 4.79 Å². The molecule has 0 bridgehead atoms. The summed E-state index contributed by atoms with van der Waals surface area (Å²) in [6, 6.07) is -0.0859. The molecule has 0 saturated carbocycles. The number of rotatable bonds is 2. The molecule has 1 aliphatic rings. The van der Waals surface area contributed by atoms with Crippen molar-refractivity contribution in [3.8, 4) is 0 Å². The van der Waals surface area contributed by atoms with Crippen molar-refractivity contribution in [3.05, 3.63) is 0 Å². The standard InChI is InChI=1S/C9H16ClNO3/c1-7-5-11(9(12)14-6-10)4-3-8(7)13-2/h7-8H,3-6H2,1-2H3. The number of ether oxygens (including phenoxy) is 2. The first kappa shape index (κ1) is 11.6. The number of methoxy groups -OCH3 is 1. The zero-order chi connectivity index (χ0) is 10.6. The predicted octanol–water partition coefficient (Wildman–Crippen LogP) is 1.68. The Labute approximate surface area is 89.1 Å². The van der Waals surface area contributed by atoms with Gasteiger partial charge in [-0.1, -0.05) is 18.5 Å². The minimum atomic E-state index is -0.332. The number of hydrogen-bond acceptors (Lipinski definition) is 3. The summed E-state index contributed by atoms with van der Waals surface area (Å²) in [6.07, 6.45) is 0.770. The van der Waals surface area contributed by atoms with E-state index in [2.05, 4.69) is 6.92 Å². The summed E-state index contributed by atoms with van der Waals surface area (Å²) in [5, 5.41) is 0. The van der Waals surface area contributed by atoms with Gasteiger partial charge in [0.05, 0.1) is 6.10 Å². The van der Waals surface area contributed by atoms with Crippen molar-refractivity contribution >= 4 is 17.7 Å². The van der Waals surface area contributed by atoms with Gasteiger partial charge in [-0.05, 0) is 6.42 Å². The number of halogens is 1. The van der Waals surface area contributed by atoms with Gasteiger partial charge in [0, 0.05) is 26.1 Å². The third-order valence-electron chi connectivity index (χ3n) is 2.57. The van der Waals surface area contributed by atoms with Crippen LogP contribution in [0.5, 0.6) is 0 Å². The summed E-state index contributed by atoms with van der Waals surface area (Å²) in [5.74, 6) is 0.344. The third kappa shape index (κ3) is 2.75. The molecular weight excluding hydrogens is 206 g/mol. The molecule has 0 radical (unpaired) electrons. The van der Waals surface area contributed by atoms with Gasteiger partial charge in [0.25, 0.3) is 0 Å². The molecule has 0 aromatic rings. The number of nitrogens with zero attached hydrogens (tertiary/aromatic N) is 1. The fourth-order valence-electron chi connectivity index (χ4n) is 1.78. The molecule has 1 heterocycles. The van der Waals surface area contributed by atoms with E-state index in [0.717, 1.165) is 6.42 Å². The van der Waals surface area contributed by atoms with Crippen LogP contribution in [-0.2, 0) is 9.47 Å². The summed E-state index contributed by atoms with van der Waals surface area (Å²) in [7, 11) is 1.70. The van der Waals surface area contributed by atoms with E-state index < -0.39 is 0 Å². The van der Waals surface area contributed by atoms with Crippen molar-refractivity contribution in [3.63, 3.8) is 0 Å². The lowest BCUT2D eigenvalue weighted by molar-refractivity contribution is 0.00103. The van der Waals surface area contributed by atoms with E-state index >= 15 is 0 Å². The summed E-state index contributed by atoms with van der Waals surface area (Å²) < 4.78 is 10.00. The second kappa shape index (κ2) is 5.41. The van der Waals surface area contributed by atoms with Gasteiger partial charge in [-0.15, -0.1) is 0 Å². The summed E-state index contributed by atoms with van der Waals surface area (Å²) in [4.78, 5) is 13.0. The van der Waals surface area contributed by atoms with Crippen molar-refractivity contribution in [2.24, 2.45) is 5.92 Å². The Kier molecular flexibility index (Phi) is 4.48. The molecule has 1 aliphatic heterocycles. The molecule has 1 rings (SSSR count). The molecule has 0 aliphatic carbocycles. The fourth-order valence-corrected chi connectivity index (χ4v) is 1.87. The maximum atomic E-state index is 11.3. The van der Waals surface area contributed by atoms with Crippen LogP contribution < -0.4 is 0 Å². The Bertz CT molecular complexity index is 200. The first-order valence-corrected chi connectivity index (χ1v) is 5.23. The van der Waals surface area contributed by atoms with Crippen LogP contribution >= 0.6 is 11.6 Å². The minimum absolute atomic E-state index is 0.0859. The number of hydrogen-bond donors (Lipinski definition) is 0. The highest BCUT2D eigenvalue weighted by atomic mass is 35.5. The molecule has 1 saturated heterocycles. The van der Waals surface area contributed by atoms with Crippen molar-refractivity contribution in [2.45, 2.75) is 19.4 Å². The molecule has 0 aromatic heterocycles. The molecule has 14 heavy (non-hydrogen) atoms. The normalized spacial score (nSPS) is 27.5. The number of alkyl halides is 1. The van der Waals surface area contributed by atoms with Crippen LogP contribution in [-0.4, -0.2) is 43.4 Å². The SMILES string of the molecule is COC1CCN(C(=O)OCCl)CC1C. The van der Waals surface area contributed by atoms with Crippen LogP contribution in [0.1, 0.15) is 13.3 Å². The first-order valence-electron chi connectivity index (χ1n) is 4.69. The Balaban J connectivity index is 2.41. The van der Waals surface area contributed by atoms with E-state index in [1.165, 1.54) is 0 Å². The van der Waals surface area contributed by atoms with E-state index in [-0.39, 0.29) is 18.3 Å². The lowest BCUT2D eigenvalue weighted by Gasteiger charge is -2.35. The summed E-state index contributed by atoms with van der Waals surface area (Å²) in [6.45, 7) is 3.42. The Hall–Kier alpha value is -0.480. The number of carbonyl (C=O) groups excluding carboxylic acids is 1. The smallest absolute Gasteiger partial charge is 0.410 e. The molecule has 2 atom stereocenters. The lowest BCUT2D eigenvalue weighted by atomic mass is 9.97. The van der Waals surface area contributed by atoms with E-state index in [9.17, 15) is 4.79 Å². The number of piperidine rings is 1. The number of carbonyl (C=O) groups is 1.